The van der Waals surface area contributed by atoms with E-state index in [1.165, 1.54) is 12.1 Å². The second-order valence-electron chi connectivity index (χ2n) is 7.54. The minimum atomic E-state index is -0.648. The molecule has 1 aliphatic rings. The quantitative estimate of drug-likeness (QED) is 0.490. The number of pyridine rings is 1. The molecular weight excluding hydrogens is 368 g/mol. The number of ether oxygens (including phenoxy) is 1. The third-order valence-corrected chi connectivity index (χ3v) is 4.84. The summed E-state index contributed by atoms with van der Waals surface area (Å²) in [6.07, 6.45) is 3.60. The molecule has 6 nitrogen and oxygen atoms in total. The maximum absolute atomic E-state index is 13.3. The molecule has 1 aromatic heterocycles. The molecule has 29 heavy (non-hydrogen) atoms. The summed E-state index contributed by atoms with van der Waals surface area (Å²) in [4.78, 5) is 24.1. The van der Waals surface area contributed by atoms with Crippen LogP contribution in [-0.2, 0) is 6.54 Å². The van der Waals surface area contributed by atoms with Gasteiger partial charge in [-0.2, -0.15) is 0 Å². The first-order chi connectivity index (χ1) is 13.8. The third kappa shape index (κ3) is 3.69. The second-order valence-corrected chi connectivity index (χ2v) is 7.54. The Morgan fingerprint density at radius 1 is 1.03 bits per heavy atom. The Labute approximate surface area is 167 Å². The first kappa shape index (κ1) is 18.7. The molecule has 3 aromatic rings. The molecule has 0 bridgehead atoms. The van der Waals surface area contributed by atoms with Crippen LogP contribution >= 0.6 is 0 Å². The number of non-ortho nitro benzene ring substituents is 1. The van der Waals surface area contributed by atoms with E-state index in [1.54, 1.807) is 22.9 Å². The summed E-state index contributed by atoms with van der Waals surface area (Å²) in [5.74, 6) is 0.524. The molecule has 0 amide bonds. The van der Waals surface area contributed by atoms with Gasteiger partial charge in [-0.3, -0.25) is 14.9 Å². The average molecular weight is 388 g/mol. The number of benzene rings is 2. The zero-order valence-corrected chi connectivity index (χ0v) is 16.2. The zero-order valence-electron chi connectivity index (χ0n) is 16.2. The fraction of sp³-hybridized carbons (Fsp3) is 0.174. The van der Waals surface area contributed by atoms with E-state index < -0.39 is 10.5 Å². The van der Waals surface area contributed by atoms with E-state index in [2.05, 4.69) is 0 Å². The van der Waals surface area contributed by atoms with E-state index in [0.717, 1.165) is 5.56 Å². The Balaban J connectivity index is 1.85. The molecule has 2 heterocycles. The van der Waals surface area contributed by atoms with Crippen molar-refractivity contribution in [2.24, 2.45) is 0 Å². The van der Waals surface area contributed by atoms with Crippen molar-refractivity contribution in [3.63, 3.8) is 0 Å². The highest BCUT2D eigenvalue weighted by Gasteiger charge is 2.29. The molecule has 6 heteroatoms. The van der Waals surface area contributed by atoms with Crippen LogP contribution in [-0.4, -0.2) is 15.1 Å². The van der Waals surface area contributed by atoms with Crippen LogP contribution < -0.4 is 10.3 Å². The molecule has 0 radical (unpaired) electrons. The van der Waals surface area contributed by atoms with Crippen molar-refractivity contribution in [3.05, 3.63) is 110 Å². The standard InChI is InChI=1S/C23H20N2O4/c1-23(2)14-20(19-13-17(25(27)28)10-11-21(19)29-23)18-9-6-12-24(22(18)26)15-16-7-4-3-5-8-16/h3-14H,15H2,1-2H3. The highest BCUT2D eigenvalue weighted by molar-refractivity contribution is 5.85. The predicted octanol–water partition coefficient (Wildman–Crippen LogP) is 4.41. The number of nitro groups is 1. The van der Waals surface area contributed by atoms with Crippen molar-refractivity contribution < 1.29 is 9.66 Å². The van der Waals surface area contributed by atoms with E-state index in [0.29, 0.717) is 29.0 Å². The zero-order chi connectivity index (χ0) is 20.6. The molecule has 0 fully saturated rings. The van der Waals surface area contributed by atoms with Gasteiger partial charge in [0.2, 0.25) is 0 Å². The van der Waals surface area contributed by atoms with Gasteiger partial charge in [-0.15, -0.1) is 0 Å². The highest BCUT2D eigenvalue weighted by atomic mass is 16.6. The van der Waals surface area contributed by atoms with E-state index in [-0.39, 0.29) is 11.2 Å². The summed E-state index contributed by atoms with van der Waals surface area (Å²) >= 11 is 0. The lowest BCUT2D eigenvalue weighted by molar-refractivity contribution is -0.384. The van der Waals surface area contributed by atoms with E-state index >= 15 is 0 Å². The van der Waals surface area contributed by atoms with Crippen LogP contribution in [0.4, 0.5) is 5.69 Å². The number of rotatable bonds is 4. The Kier molecular flexibility index (Phi) is 4.54. The molecular formula is C23H20N2O4. The minimum absolute atomic E-state index is 0.0431. The van der Waals surface area contributed by atoms with Crippen LogP contribution in [0.15, 0.2) is 77.7 Å². The maximum atomic E-state index is 13.3. The molecule has 0 unspecified atom stereocenters. The lowest BCUT2D eigenvalue weighted by Gasteiger charge is -2.31. The summed E-state index contributed by atoms with van der Waals surface area (Å²) in [5.41, 5.74) is 1.85. The van der Waals surface area contributed by atoms with E-state index in [9.17, 15) is 14.9 Å². The van der Waals surface area contributed by atoms with E-state index in [1.807, 2.05) is 56.3 Å². The average Bonchev–Trinajstić information content (AvgIpc) is 2.69. The van der Waals surface area contributed by atoms with E-state index in [4.69, 9.17) is 4.74 Å². The summed E-state index contributed by atoms with van der Waals surface area (Å²) in [6, 6.07) is 17.8. The number of fused-ring (bicyclic) bond motifs is 1. The number of nitrogens with zero attached hydrogens (tertiary/aromatic N) is 2. The van der Waals surface area contributed by atoms with Crippen LogP contribution in [0.2, 0.25) is 0 Å². The SMILES string of the molecule is CC1(C)C=C(c2cccn(Cc3ccccc3)c2=O)c2cc([N+](=O)[O-])ccc2O1. The van der Waals surface area contributed by atoms with Crippen LogP contribution in [0.5, 0.6) is 5.75 Å². The van der Waals surface area contributed by atoms with Gasteiger partial charge >= 0.3 is 0 Å². The van der Waals surface area contributed by atoms with Gasteiger partial charge in [-0.1, -0.05) is 30.3 Å². The molecule has 0 saturated heterocycles. The Hall–Kier alpha value is -3.67. The second kappa shape index (κ2) is 7.05. The van der Waals surface area contributed by atoms with Crippen LogP contribution in [0, 0.1) is 10.1 Å². The van der Waals surface area contributed by atoms with Crippen molar-refractivity contribution in [2.45, 2.75) is 26.0 Å². The number of hydrogen-bond acceptors (Lipinski definition) is 4. The summed E-state index contributed by atoms with van der Waals surface area (Å²) in [6.45, 7) is 4.23. The molecule has 0 aliphatic carbocycles. The molecule has 0 atom stereocenters. The molecule has 2 aromatic carbocycles. The summed E-state index contributed by atoms with van der Waals surface area (Å²) in [5, 5.41) is 11.3. The van der Waals surface area contributed by atoms with Gasteiger partial charge in [0.05, 0.1) is 11.5 Å². The minimum Gasteiger partial charge on any atom is -0.483 e. The first-order valence-corrected chi connectivity index (χ1v) is 9.28. The fourth-order valence-electron chi connectivity index (χ4n) is 3.54. The summed E-state index contributed by atoms with van der Waals surface area (Å²) < 4.78 is 7.61. The van der Waals surface area contributed by atoms with Crippen LogP contribution in [0.25, 0.3) is 5.57 Å². The predicted molar refractivity (Wildman–Crippen MR) is 111 cm³/mol. The van der Waals surface area contributed by atoms with Gasteiger partial charge in [0, 0.05) is 29.5 Å². The Morgan fingerprint density at radius 3 is 2.52 bits per heavy atom. The van der Waals surface area contributed by atoms with Gasteiger partial charge in [0.1, 0.15) is 11.4 Å². The lowest BCUT2D eigenvalue weighted by atomic mass is 9.90. The van der Waals surface area contributed by atoms with Crippen molar-refractivity contribution in [1.29, 1.82) is 0 Å². The van der Waals surface area contributed by atoms with Gasteiger partial charge in [0.25, 0.3) is 11.2 Å². The van der Waals surface area contributed by atoms with Crippen LogP contribution in [0.1, 0.15) is 30.5 Å². The van der Waals surface area contributed by atoms with Gasteiger partial charge in [-0.05, 0) is 49.3 Å². The molecule has 0 spiro atoms. The van der Waals surface area contributed by atoms with Crippen molar-refractivity contribution in [2.75, 3.05) is 0 Å². The Morgan fingerprint density at radius 2 is 1.79 bits per heavy atom. The highest BCUT2D eigenvalue weighted by Crippen LogP contribution is 2.40. The molecule has 0 N–H and O–H groups in total. The molecule has 4 rings (SSSR count). The lowest BCUT2D eigenvalue weighted by Crippen LogP contribution is -2.31. The van der Waals surface area contributed by atoms with Gasteiger partial charge in [0.15, 0.2) is 0 Å². The normalized spacial score (nSPS) is 14.5. The van der Waals surface area contributed by atoms with Gasteiger partial charge < -0.3 is 9.30 Å². The smallest absolute Gasteiger partial charge is 0.270 e. The maximum Gasteiger partial charge on any atom is 0.270 e. The number of aromatic nitrogens is 1. The number of nitro benzene ring substituents is 1. The van der Waals surface area contributed by atoms with Gasteiger partial charge in [-0.25, -0.2) is 0 Å². The first-order valence-electron chi connectivity index (χ1n) is 9.28. The largest absolute Gasteiger partial charge is 0.483 e. The topological polar surface area (TPSA) is 74.4 Å². The Bertz CT molecular complexity index is 1180. The third-order valence-electron chi connectivity index (χ3n) is 4.84. The fourth-order valence-corrected chi connectivity index (χ4v) is 3.54. The summed E-state index contributed by atoms with van der Waals surface area (Å²) in [7, 11) is 0. The van der Waals surface area contributed by atoms with Crippen molar-refractivity contribution in [3.8, 4) is 5.75 Å². The van der Waals surface area contributed by atoms with Crippen molar-refractivity contribution in [1.82, 2.24) is 4.57 Å². The molecule has 146 valence electrons. The molecule has 1 aliphatic heterocycles. The van der Waals surface area contributed by atoms with Crippen molar-refractivity contribution >= 4 is 11.3 Å². The van der Waals surface area contributed by atoms with Crippen LogP contribution in [0.3, 0.4) is 0 Å². The monoisotopic (exact) mass is 388 g/mol. The number of hydrogen-bond donors (Lipinski definition) is 0. The molecule has 0 saturated carbocycles.